The van der Waals surface area contributed by atoms with Crippen LogP contribution in [0, 0.1) is 11.3 Å². The molecule has 0 atom stereocenters. The topological polar surface area (TPSA) is 78.2 Å². The summed E-state index contributed by atoms with van der Waals surface area (Å²) in [6.45, 7) is 1.87. The Morgan fingerprint density at radius 1 is 1.24 bits per heavy atom. The first-order valence-electron chi connectivity index (χ1n) is 7.49. The van der Waals surface area contributed by atoms with Crippen molar-refractivity contribution in [3.8, 4) is 6.07 Å². The van der Waals surface area contributed by atoms with Crippen LogP contribution in [0.3, 0.4) is 0 Å². The molecule has 2 rings (SSSR count). The second-order valence-electron chi connectivity index (χ2n) is 5.59. The van der Waals surface area contributed by atoms with Gasteiger partial charge in [-0.25, -0.2) is 8.42 Å². The first-order valence-corrected chi connectivity index (χ1v) is 9.76. The largest absolute Gasteiger partial charge is 0.344 e. The molecule has 0 saturated heterocycles. The highest BCUT2D eigenvalue weighted by Crippen LogP contribution is 2.33. The number of nitrogens with zero attached hydrogens (tertiary/aromatic N) is 2. The van der Waals surface area contributed by atoms with Crippen LogP contribution in [0.15, 0.2) is 41.3 Å². The van der Waals surface area contributed by atoms with Gasteiger partial charge in [0.05, 0.1) is 22.2 Å². The molecule has 0 N–H and O–H groups in total. The van der Waals surface area contributed by atoms with E-state index >= 15 is 0 Å². The summed E-state index contributed by atoms with van der Waals surface area (Å²) in [5.41, 5.74) is 2.55. The predicted octanol–water partition coefficient (Wildman–Crippen LogP) is 3.67. The van der Waals surface area contributed by atoms with Crippen molar-refractivity contribution in [1.82, 2.24) is 0 Å². The normalized spacial score (nSPS) is 11.0. The molecule has 25 heavy (non-hydrogen) atoms. The van der Waals surface area contributed by atoms with Gasteiger partial charge in [-0.1, -0.05) is 6.92 Å². The summed E-state index contributed by atoms with van der Waals surface area (Å²) >= 11 is 5.61. The van der Waals surface area contributed by atoms with Crippen molar-refractivity contribution in [2.75, 3.05) is 18.2 Å². The van der Waals surface area contributed by atoms with Crippen LogP contribution < -0.4 is 4.90 Å². The molecular weight excluding hydrogens is 360 g/mol. The van der Waals surface area contributed by atoms with Crippen LogP contribution in [-0.4, -0.2) is 27.0 Å². The molecule has 0 aliphatic rings. The van der Waals surface area contributed by atoms with Crippen LogP contribution in [0.5, 0.6) is 0 Å². The third kappa shape index (κ3) is 4.01. The van der Waals surface area contributed by atoms with E-state index in [4.69, 9.17) is 16.9 Å². The number of hydrogen-bond donors (Lipinski definition) is 0. The number of halogens is 1. The molecule has 0 amide bonds. The molecular formula is C18H17ClN2O3S. The van der Waals surface area contributed by atoms with E-state index in [0.717, 1.165) is 11.9 Å². The Hall–Kier alpha value is -2.36. The Morgan fingerprint density at radius 2 is 1.84 bits per heavy atom. The molecule has 0 aliphatic heterocycles. The van der Waals surface area contributed by atoms with Crippen LogP contribution in [0.4, 0.5) is 11.4 Å². The van der Waals surface area contributed by atoms with E-state index in [0.29, 0.717) is 23.2 Å². The summed E-state index contributed by atoms with van der Waals surface area (Å²) in [4.78, 5) is 13.4. The van der Waals surface area contributed by atoms with Crippen molar-refractivity contribution >= 4 is 38.1 Å². The van der Waals surface area contributed by atoms with Gasteiger partial charge in [-0.15, -0.1) is 0 Å². The lowest BCUT2D eigenvalue weighted by Gasteiger charge is -2.24. The predicted molar refractivity (Wildman–Crippen MR) is 98.3 cm³/mol. The van der Waals surface area contributed by atoms with E-state index in [1.54, 1.807) is 42.3 Å². The van der Waals surface area contributed by atoms with Gasteiger partial charge in [0.15, 0.2) is 9.84 Å². The van der Waals surface area contributed by atoms with Crippen LogP contribution in [0.2, 0.25) is 0 Å². The molecule has 0 aliphatic carbocycles. The van der Waals surface area contributed by atoms with Gasteiger partial charge in [-0.2, -0.15) is 5.26 Å². The Bertz CT molecular complexity index is 961. The van der Waals surface area contributed by atoms with Gasteiger partial charge in [0.2, 0.25) is 0 Å². The Balaban J connectivity index is 2.69. The van der Waals surface area contributed by atoms with Gasteiger partial charge < -0.3 is 4.90 Å². The van der Waals surface area contributed by atoms with E-state index in [1.165, 1.54) is 6.07 Å². The van der Waals surface area contributed by atoms with E-state index in [1.807, 2.05) is 13.0 Å². The molecule has 0 bridgehead atoms. The average molecular weight is 377 g/mol. The molecule has 0 unspecified atom stereocenters. The van der Waals surface area contributed by atoms with Crippen molar-refractivity contribution in [2.45, 2.75) is 18.2 Å². The second-order valence-corrected chi connectivity index (χ2v) is 7.92. The number of carbonyl (C=O) groups excluding carboxylic acids is 1. The van der Waals surface area contributed by atoms with Crippen molar-refractivity contribution in [2.24, 2.45) is 0 Å². The molecule has 0 aromatic heterocycles. The molecule has 0 fully saturated rings. The summed E-state index contributed by atoms with van der Waals surface area (Å²) in [5.74, 6) is 0. The lowest BCUT2D eigenvalue weighted by Crippen LogP contribution is -2.15. The number of carbonyl (C=O) groups is 1. The quantitative estimate of drug-likeness (QED) is 0.744. The summed E-state index contributed by atoms with van der Waals surface area (Å²) in [7, 11) is -1.86. The molecule has 7 heteroatoms. The number of anilines is 2. The van der Waals surface area contributed by atoms with Crippen LogP contribution in [-0.2, 0) is 16.3 Å². The summed E-state index contributed by atoms with van der Waals surface area (Å²) < 4.78 is 24.5. The van der Waals surface area contributed by atoms with Gasteiger partial charge >= 0.3 is 0 Å². The number of benzene rings is 2. The minimum absolute atomic E-state index is 0.0283. The fourth-order valence-corrected chi connectivity index (χ4v) is 3.63. The molecule has 0 heterocycles. The standard InChI is InChI=1S/C18H17ClN2O3S/c1-4-13-9-16(17(25(3,23)24)10-15(13)18(19)22)21(2)14-7-5-12(11-20)6-8-14/h5-10H,4H2,1-3H3. The highest BCUT2D eigenvalue weighted by Gasteiger charge is 2.22. The van der Waals surface area contributed by atoms with Crippen LogP contribution in [0.1, 0.15) is 28.4 Å². The fraction of sp³-hybridized carbons (Fsp3) is 0.222. The average Bonchev–Trinajstić information content (AvgIpc) is 2.59. The lowest BCUT2D eigenvalue weighted by atomic mass is 10.0. The van der Waals surface area contributed by atoms with Gasteiger partial charge in [0, 0.05) is 24.6 Å². The van der Waals surface area contributed by atoms with Gasteiger partial charge in [-0.05, 0) is 60.0 Å². The van der Waals surface area contributed by atoms with Gasteiger partial charge in [0.25, 0.3) is 5.24 Å². The van der Waals surface area contributed by atoms with Crippen molar-refractivity contribution in [3.63, 3.8) is 0 Å². The molecule has 0 spiro atoms. The van der Waals surface area contributed by atoms with E-state index in [9.17, 15) is 13.2 Å². The van der Waals surface area contributed by atoms with Gasteiger partial charge in [0.1, 0.15) is 0 Å². The van der Waals surface area contributed by atoms with E-state index in [2.05, 4.69) is 0 Å². The van der Waals surface area contributed by atoms with E-state index < -0.39 is 15.1 Å². The monoisotopic (exact) mass is 376 g/mol. The number of sulfone groups is 1. The zero-order valence-corrected chi connectivity index (χ0v) is 15.6. The Morgan fingerprint density at radius 3 is 2.28 bits per heavy atom. The molecule has 2 aromatic rings. The Labute approximate surface area is 152 Å². The maximum absolute atomic E-state index is 12.2. The van der Waals surface area contributed by atoms with Gasteiger partial charge in [-0.3, -0.25) is 4.79 Å². The van der Waals surface area contributed by atoms with Crippen LogP contribution in [0.25, 0.3) is 0 Å². The molecule has 2 aromatic carbocycles. The molecule has 5 nitrogen and oxygen atoms in total. The lowest BCUT2D eigenvalue weighted by molar-refractivity contribution is 0.108. The number of aryl methyl sites for hydroxylation is 1. The minimum Gasteiger partial charge on any atom is -0.344 e. The maximum Gasteiger partial charge on any atom is 0.252 e. The summed E-state index contributed by atoms with van der Waals surface area (Å²) in [5, 5.41) is 8.21. The van der Waals surface area contributed by atoms with Crippen LogP contribution >= 0.6 is 11.6 Å². The number of nitriles is 1. The van der Waals surface area contributed by atoms with Crippen molar-refractivity contribution in [1.29, 1.82) is 5.26 Å². The first-order chi connectivity index (χ1) is 11.7. The number of hydrogen-bond acceptors (Lipinski definition) is 5. The molecule has 130 valence electrons. The third-order valence-electron chi connectivity index (χ3n) is 3.92. The highest BCUT2D eigenvalue weighted by atomic mass is 35.5. The summed E-state index contributed by atoms with van der Waals surface area (Å²) in [6, 6.07) is 11.8. The SMILES string of the molecule is CCc1cc(N(C)c2ccc(C#N)cc2)c(S(C)(=O)=O)cc1C(=O)Cl. The highest BCUT2D eigenvalue weighted by molar-refractivity contribution is 7.90. The Kier molecular flexibility index (Phi) is 5.51. The number of rotatable bonds is 5. The maximum atomic E-state index is 12.2. The van der Waals surface area contributed by atoms with Crippen molar-refractivity contribution in [3.05, 3.63) is 53.1 Å². The summed E-state index contributed by atoms with van der Waals surface area (Å²) in [6.07, 6.45) is 1.62. The zero-order valence-electron chi connectivity index (χ0n) is 14.1. The fourth-order valence-electron chi connectivity index (χ4n) is 2.54. The first kappa shape index (κ1) is 19.0. The smallest absolute Gasteiger partial charge is 0.252 e. The van der Waals surface area contributed by atoms with Crippen molar-refractivity contribution < 1.29 is 13.2 Å². The third-order valence-corrected chi connectivity index (χ3v) is 5.25. The van der Waals surface area contributed by atoms with E-state index in [-0.39, 0.29) is 10.5 Å². The molecule has 0 radical (unpaired) electrons. The second kappa shape index (κ2) is 7.26. The minimum atomic E-state index is -3.59. The zero-order chi connectivity index (χ0) is 18.8. The molecule has 0 saturated carbocycles.